The molecule has 1 aromatic carbocycles. The molecule has 0 aromatic heterocycles. The van der Waals surface area contributed by atoms with Crippen LogP contribution in [0, 0.1) is 11.7 Å². The van der Waals surface area contributed by atoms with Gasteiger partial charge in [0.1, 0.15) is 0 Å². The van der Waals surface area contributed by atoms with Gasteiger partial charge in [0.15, 0.2) is 5.82 Å². The third-order valence-corrected chi connectivity index (χ3v) is 3.21. The molecule has 2 rings (SSSR count). The first kappa shape index (κ1) is 15.2. The van der Waals surface area contributed by atoms with E-state index in [1.165, 1.54) is 12.1 Å². The van der Waals surface area contributed by atoms with Gasteiger partial charge in [-0.2, -0.15) is 0 Å². The predicted octanol–water partition coefficient (Wildman–Crippen LogP) is 2.37. The van der Waals surface area contributed by atoms with Crippen molar-refractivity contribution in [2.75, 3.05) is 6.54 Å². The maximum atomic E-state index is 13.5. The fourth-order valence-corrected chi connectivity index (χ4v) is 1.85. The molecule has 1 amide bonds. The van der Waals surface area contributed by atoms with Gasteiger partial charge >= 0.3 is 0 Å². The number of hydrogen-bond donors (Lipinski definition) is 2. The predicted molar refractivity (Wildman–Crippen MR) is 71.7 cm³/mol. The normalized spacial score (nSPS) is 15.7. The Bertz CT molecular complexity index is 438. The second-order valence-electron chi connectivity index (χ2n) is 4.31. The molecular weight excluding hydrogens is 278 g/mol. The van der Waals surface area contributed by atoms with Gasteiger partial charge in [-0.15, -0.1) is 12.4 Å². The standard InChI is InChI=1S/C12H14ClFN2O.ClH/c13-9-3-1-2-8(11(9)14)12(17)16-6-10(15)7-4-5-7;/h1-3,7,10H,4-6,15H2,(H,16,17);1H. The van der Waals surface area contributed by atoms with Crippen molar-refractivity contribution in [1.29, 1.82) is 0 Å². The number of nitrogens with two attached hydrogens (primary N) is 1. The van der Waals surface area contributed by atoms with E-state index in [2.05, 4.69) is 5.32 Å². The highest BCUT2D eigenvalue weighted by Crippen LogP contribution is 2.31. The molecule has 6 heteroatoms. The zero-order chi connectivity index (χ0) is 12.4. The lowest BCUT2D eigenvalue weighted by atomic mass is 10.1. The van der Waals surface area contributed by atoms with Crippen molar-refractivity contribution in [3.63, 3.8) is 0 Å². The van der Waals surface area contributed by atoms with E-state index < -0.39 is 11.7 Å². The number of halogens is 3. The Morgan fingerprint density at radius 3 is 2.83 bits per heavy atom. The van der Waals surface area contributed by atoms with Gasteiger partial charge in [-0.05, 0) is 30.9 Å². The number of carbonyl (C=O) groups excluding carboxylic acids is 1. The summed E-state index contributed by atoms with van der Waals surface area (Å²) < 4.78 is 13.5. The Kier molecular flexibility index (Phi) is 5.38. The second kappa shape index (κ2) is 6.36. The number of carbonyl (C=O) groups is 1. The van der Waals surface area contributed by atoms with Gasteiger partial charge in [0.2, 0.25) is 0 Å². The van der Waals surface area contributed by atoms with E-state index in [0.29, 0.717) is 12.5 Å². The van der Waals surface area contributed by atoms with Crippen LogP contribution in [0.5, 0.6) is 0 Å². The third kappa shape index (κ3) is 3.57. The Morgan fingerprint density at radius 1 is 1.56 bits per heavy atom. The minimum absolute atomic E-state index is 0. The van der Waals surface area contributed by atoms with Crippen LogP contribution in [0.2, 0.25) is 5.02 Å². The molecule has 1 aromatic rings. The van der Waals surface area contributed by atoms with Gasteiger partial charge < -0.3 is 11.1 Å². The molecule has 1 atom stereocenters. The van der Waals surface area contributed by atoms with Crippen LogP contribution >= 0.6 is 24.0 Å². The molecule has 3 N–H and O–H groups in total. The molecule has 1 unspecified atom stereocenters. The van der Waals surface area contributed by atoms with Crippen LogP contribution in [0.4, 0.5) is 4.39 Å². The lowest BCUT2D eigenvalue weighted by Gasteiger charge is -2.12. The number of benzene rings is 1. The van der Waals surface area contributed by atoms with Gasteiger partial charge in [-0.25, -0.2) is 4.39 Å². The van der Waals surface area contributed by atoms with E-state index in [4.69, 9.17) is 17.3 Å². The Labute approximate surface area is 116 Å². The van der Waals surface area contributed by atoms with E-state index in [0.717, 1.165) is 12.8 Å². The van der Waals surface area contributed by atoms with Crippen molar-refractivity contribution in [2.45, 2.75) is 18.9 Å². The van der Waals surface area contributed by atoms with Crippen LogP contribution in [0.1, 0.15) is 23.2 Å². The Hall–Kier alpha value is -0.840. The summed E-state index contributed by atoms with van der Waals surface area (Å²) in [7, 11) is 0. The first-order chi connectivity index (χ1) is 8.09. The molecule has 0 radical (unpaired) electrons. The van der Waals surface area contributed by atoms with Crippen LogP contribution in [-0.2, 0) is 0 Å². The summed E-state index contributed by atoms with van der Waals surface area (Å²) in [6, 6.07) is 4.31. The zero-order valence-electron chi connectivity index (χ0n) is 9.66. The van der Waals surface area contributed by atoms with Crippen molar-refractivity contribution in [1.82, 2.24) is 5.32 Å². The van der Waals surface area contributed by atoms with Crippen LogP contribution in [0.3, 0.4) is 0 Å². The summed E-state index contributed by atoms with van der Waals surface area (Å²) in [5.41, 5.74) is 5.80. The smallest absolute Gasteiger partial charge is 0.254 e. The molecule has 3 nitrogen and oxygen atoms in total. The van der Waals surface area contributed by atoms with Crippen LogP contribution < -0.4 is 11.1 Å². The fraction of sp³-hybridized carbons (Fsp3) is 0.417. The highest BCUT2D eigenvalue weighted by atomic mass is 35.5. The molecule has 0 heterocycles. The number of amides is 1. The molecule has 0 saturated heterocycles. The average molecular weight is 293 g/mol. The molecule has 1 aliphatic rings. The van der Waals surface area contributed by atoms with E-state index in [9.17, 15) is 9.18 Å². The van der Waals surface area contributed by atoms with Crippen LogP contribution in [-0.4, -0.2) is 18.5 Å². The number of rotatable bonds is 4. The minimum Gasteiger partial charge on any atom is -0.350 e. The van der Waals surface area contributed by atoms with Gasteiger partial charge in [0, 0.05) is 12.6 Å². The summed E-state index contributed by atoms with van der Waals surface area (Å²) in [6.45, 7) is 0.370. The first-order valence-corrected chi connectivity index (χ1v) is 5.95. The summed E-state index contributed by atoms with van der Waals surface area (Å²) in [5, 5.41) is 2.57. The second-order valence-corrected chi connectivity index (χ2v) is 4.72. The monoisotopic (exact) mass is 292 g/mol. The Balaban J connectivity index is 0.00000162. The quantitative estimate of drug-likeness (QED) is 0.895. The summed E-state index contributed by atoms with van der Waals surface area (Å²) in [4.78, 5) is 11.7. The average Bonchev–Trinajstić information content (AvgIpc) is 3.13. The van der Waals surface area contributed by atoms with Gasteiger partial charge in [-0.3, -0.25) is 4.79 Å². The molecule has 0 aliphatic heterocycles. The lowest BCUT2D eigenvalue weighted by Crippen LogP contribution is -2.38. The summed E-state index contributed by atoms with van der Waals surface area (Å²) in [6.07, 6.45) is 2.23. The lowest BCUT2D eigenvalue weighted by molar-refractivity contribution is 0.0946. The SMILES string of the molecule is Cl.NC(CNC(=O)c1cccc(Cl)c1F)C1CC1. The van der Waals surface area contributed by atoms with Crippen molar-refractivity contribution >= 4 is 29.9 Å². The molecule has 0 spiro atoms. The highest BCUT2D eigenvalue weighted by Gasteiger charge is 2.28. The maximum Gasteiger partial charge on any atom is 0.254 e. The number of nitrogens with one attached hydrogen (secondary N) is 1. The third-order valence-electron chi connectivity index (χ3n) is 2.92. The summed E-state index contributed by atoms with van der Waals surface area (Å²) in [5.74, 6) is -0.660. The zero-order valence-corrected chi connectivity index (χ0v) is 11.2. The van der Waals surface area contributed by atoms with E-state index in [1.54, 1.807) is 6.07 Å². The molecule has 18 heavy (non-hydrogen) atoms. The molecule has 100 valence electrons. The van der Waals surface area contributed by atoms with Gasteiger partial charge in [-0.1, -0.05) is 17.7 Å². The van der Waals surface area contributed by atoms with Gasteiger partial charge in [0.05, 0.1) is 10.6 Å². The van der Waals surface area contributed by atoms with Crippen LogP contribution in [0.15, 0.2) is 18.2 Å². The van der Waals surface area contributed by atoms with E-state index >= 15 is 0 Å². The van der Waals surface area contributed by atoms with Crippen molar-refractivity contribution in [2.24, 2.45) is 11.7 Å². The maximum absolute atomic E-state index is 13.5. The summed E-state index contributed by atoms with van der Waals surface area (Å²) >= 11 is 5.60. The Morgan fingerprint density at radius 2 is 2.22 bits per heavy atom. The van der Waals surface area contributed by atoms with E-state index in [1.807, 2.05) is 0 Å². The fourth-order valence-electron chi connectivity index (χ4n) is 1.68. The van der Waals surface area contributed by atoms with Crippen molar-refractivity contribution in [3.8, 4) is 0 Å². The topological polar surface area (TPSA) is 55.1 Å². The van der Waals surface area contributed by atoms with E-state index in [-0.39, 0.29) is 29.0 Å². The molecule has 1 aliphatic carbocycles. The molecule has 0 bridgehead atoms. The highest BCUT2D eigenvalue weighted by molar-refractivity contribution is 6.31. The first-order valence-electron chi connectivity index (χ1n) is 5.57. The van der Waals surface area contributed by atoms with Crippen molar-refractivity contribution in [3.05, 3.63) is 34.6 Å². The molecule has 1 fully saturated rings. The van der Waals surface area contributed by atoms with Crippen molar-refractivity contribution < 1.29 is 9.18 Å². The molecule has 1 saturated carbocycles. The molecular formula is C12H15Cl2FN2O. The largest absolute Gasteiger partial charge is 0.350 e. The van der Waals surface area contributed by atoms with Crippen LogP contribution in [0.25, 0.3) is 0 Å². The van der Waals surface area contributed by atoms with Gasteiger partial charge in [0.25, 0.3) is 5.91 Å². The number of hydrogen-bond acceptors (Lipinski definition) is 2. The minimum atomic E-state index is -0.688.